The Labute approximate surface area is 207 Å². The van der Waals surface area contributed by atoms with Crippen molar-refractivity contribution in [1.29, 1.82) is 0 Å². The molecule has 5 heteroatoms. The Hall–Kier alpha value is -1.36. The van der Waals surface area contributed by atoms with Gasteiger partial charge in [-0.05, 0) is 115 Å². The van der Waals surface area contributed by atoms with Crippen LogP contribution in [0.4, 0.5) is 0 Å². The highest BCUT2D eigenvalue weighted by atomic mass is 16.7. The molecule has 35 heavy (non-hydrogen) atoms. The monoisotopic (exact) mass is 478 g/mol. The van der Waals surface area contributed by atoms with Crippen LogP contribution in [0.1, 0.15) is 51.9 Å². The maximum atomic E-state index is 13.6. The summed E-state index contributed by atoms with van der Waals surface area (Å²) in [4.78, 5) is 25.7. The minimum absolute atomic E-state index is 0.153. The Morgan fingerprint density at radius 3 is 1.94 bits per heavy atom. The van der Waals surface area contributed by atoms with Crippen molar-refractivity contribution in [2.75, 3.05) is 6.61 Å². The molecule has 0 amide bonds. The Morgan fingerprint density at radius 1 is 0.714 bits per heavy atom. The summed E-state index contributed by atoms with van der Waals surface area (Å²) in [6.45, 7) is 2.17. The maximum Gasteiger partial charge on any atom is 0.315 e. The molecule has 7 saturated carbocycles. The van der Waals surface area contributed by atoms with Crippen LogP contribution in [0.5, 0.6) is 0 Å². The van der Waals surface area contributed by atoms with Gasteiger partial charge in [0.25, 0.3) is 0 Å². The van der Waals surface area contributed by atoms with Crippen molar-refractivity contribution in [3.05, 3.63) is 12.2 Å². The summed E-state index contributed by atoms with van der Waals surface area (Å²) in [5.41, 5.74) is 0. The van der Waals surface area contributed by atoms with Crippen LogP contribution >= 0.6 is 0 Å². The number of carbonyl (C=O) groups is 2. The molecular weight excluding hydrogens is 440 g/mol. The first-order valence-electron chi connectivity index (χ1n) is 14.8. The molecule has 8 bridgehead atoms. The second-order valence-electron chi connectivity index (χ2n) is 13.9. The second-order valence-corrected chi connectivity index (χ2v) is 13.9. The molecule has 0 radical (unpaired) electrons. The second kappa shape index (κ2) is 6.94. The summed E-state index contributed by atoms with van der Waals surface area (Å²) in [6, 6.07) is 0. The third kappa shape index (κ3) is 2.46. The molecule has 5 nitrogen and oxygen atoms in total. The standard InChI is InChI=1S/C30H38O5/c1-12(31)34-29-20-11-19(28(29)30(32)35-21-4-2-3-7-33-21)26-17-10-18(27(20)26)25-16-9-15(24(17)25)22-13-5-6-14(8-13)23(16)22/h5-6,13-29H,2-4,7-11H2,1H3. The first-order valence-corrected chi connectivity index (χ1v) is 14.8. The highest BCUT2D eigenvalue weighted by Crippen LogP contribution is 2.81. The highest BCUT2D eigenvalue weighted by molar-refractivity contribution is 5.76. The van der Waals surface area contributed by atoms with E-state index in [1.165, 1.54) is 26.2 Å². The number of hydrogen-bond donors (Lipinski definition) is 0. The smallest absolute Gasteiger partial charge is 0.315 e. The van der Waals surface area contributed by atoms with E-state index in [4.69, 9.17) is 14.2 Å². The van der Waals surface area contributed by atoms with Crippen molar-refractivity contribution in [2.24, 2.45) is 88.8 Å². The summed E-state index contributed by atoms with van der Waals surface area (Å²) in [5.74, 6) is 10.3. The fourth-order valence-corrected chi connectivity index (χ4v) is 13.1. The van der Waals surface area contributed by atoms with Gasteiger partial charge in [0.15, 0.2) is 0 Å². The first-order chi connectivity index (χ1) is 17.1. The molecule has 1 saturated heterocycles. The fourth-order valence-electron chi connectivity index (χ4n) is 13.1. The lowest BCUT2D eigenvalue weighted by molar-refractivity contribution is -0.201. The predicted molar refractivity (Wildman–Crippen MR) is 125 cm³/mol. The van der Waals surface area contributed by atoms with Crippen LogP contribution in [-0.2, 0) is 23.8 Å². The van der Waals surface area contributed by atoms with E-state index in [2.05, 4.69) is 12.2 Å². The molecular formula is C30H38O5. The van der Waals surface area contributed by atoms with Gasteiger partial charge in [-0.25, -0.2) is 0 Å². The predicted octanol–water partition coefficient (Wildman–Crippen LogP) is 4.46. The molecule has 17 unspecified atom stereocenters. The maximum absolute atomic E-state index is 13.6. The Morgan fingerprint density at radius 2 is 1.31 bits per heavy atom. The lowest BCUT2D eigenvalue weighted by Gasteiger charge is -2.51. The van der Waals surface area contributed by atoms with Crippen molar-refractivity contribution in [2.45, 2.75) is 64.3 Å². The van der Waals surface area contributed by atoms with Gasteiger partial charge in [0.1, 0.15) is 6.10 Å². The molecule has 8 fully saturated rings. The number of carbonyl (C=O) groups excluding carboxylic acids is 2. The molecule has 8 aliphatic carbocycles. The van der Waals surface area contributed by atoms with Gasteiger partial charge >= 0.3 is 11.9 Å². The fraction of sp³-hybridized carbons (Fsp3) is 0.867. The number of ether oxygens (including phenoxy) is 3. The summed E-state index contributed by atoms with van der Waals surface area (Å²) in [5, 5.41) is 0. The van der Waals surface area contributed by atoms with Crippen molar-refractivity contribution < 1.29 is 23.8 Å². The largest absolute Gasteiger partial charge is 0.461 e. The molecule has 1 heterocycles. The molecule has 0 aromatic carbocycles. The van der Waals surface area contributed by atoms with Gasteiger partial charge < -0.3 is 14.2 Å². The van der Waals surface area contributed by atoms with Gasteiger partial charge in [0.2, 0.25) is 6.29 Å². The highest BCUT2D eigenvalue weighted by Gasteiger charge is 2.78. The number of hydrogen-bond acceptors (Lipinski definition) is 5. The van der Waals surface area contributed by atoms with Crippen molar-refractivity contribution in [3.8, 4) is 0 Å². The Bertz CT molecular complexity index is 999. The third-order valence-electron chi connectivity index (χ3n) is 13.2. The number of rotatable bonds is 3. The minimum Gasteiger partial charge on any atom is -0.461 e. The first kappa shape index (κ1) is 20.7. The molecule has 17 atom stereocenters. The van der Waals surface area contributed by atoms with Crippen molar-refractivity contribution in [3.63, 3.8) is 0 Å². The number of fused-ring (bicyclic) bond motifs is 23. The zero-order valence-corrected chi connectivity index (χ0v) is 20.7. The zero-order valence-electron chi connectivity index (χ0n) is 20.7. The quantitative estimate of drug-likeness (QED) is 0.341. The molecule has 188 valence electrons. The van der Waals surface area contributed by atoms with E-state index in [9.17, 15) is 9.59 Å². The van der Waals surface area contributed by atoms with Crippen molar-refractivity contribution >= 4 is 11.9 Å². The van der Waals surface area contributed by atoms with Crippen LogP contribution in [0, 0.1) is 88.8 Å². The summed E-state index contributed by atoms with van der Waals surface area (Å²) >= 11 is 0. The van der Waals surface area contributed by atoms with Gasteiger partial charge in [-0.15, -0.1) is 0 Å². The zero-order chi connectivity index (χ0) is 23.2. The van der Waals surface area contributed by atoms with Crippen LogP contribution in [0.3, 0.4) is 0 Å². The van der Waals surface area contributed by atoms with Crippen LogP contribution in [0.25, 0.3) is 0 Å². The van der Waals surface area contributed by atoms with E-state index in [1.807, 2.05) is 0 Å². The number of allylic oxidation sites excluding steroid dienone is 2. The molecule has 1 aliphatic heterocycles. The summed E-state index contributed by atoms with van der Waals surface area (Å²) in [7, 11) is 0. The van der Waals surface area contributed by atoms with E-state index in [-0.39, 0.29) is 24.0 Å². The van der Waals surface area contributed by atoms with Crippen LogP contribution in [-0.4, -0.2) is 30.9 Å². The lowest BCUT2D eigenvalue weighted by Crippen LogP contribution is -2.52. The van der Waals surface area contributed by atoms with Gasteiger partial charge in [0.05, 0.1) is 12.5 Å². The Kier molecular flexibility index (Phi) is 4.10. The van der Waals surface area contributed by atoms with E-state index in [0.717, 1.165) is 84.9 Å². The molecule has 0 N–H and O–H groups in total. The minimum atomic E-state index is -0.415. The topological polar surface area (TPSA) is 61.8 Å². The molecule has 9 rings (SSSR count). The van der Waals surface area contributed by atoms with E-state index in [0.29, 0.717) is 30.3 Å². The molecule has 0 aromatic heterocycles. The average molecular weight is 479 g/mol. The van der Waals surface area contributed by atoms with Crippen LogP contribution < -0.4 is 0 Å². The van der Waals surface area contributed by atoms with E-state index >= 15 is 0 Å². The summed E-state index contributed by atoms with van der Waals surface area (Å²) < 4.78 is 17.7. The van der Waals surface area contributed by atoms with Gasteiger partial charge in [-0.1, -0.05) is 12.2 Å². The number of esters is 2. The van der Waals surface area contributed by atoms with Crippen molar-refractivity contribution in [1.82, 2.24) is 0 Å². The SMILES string of the molecule is CC(=O)OC1C2CC(C1C(=O)OC1CCCCO1)C1C3CC(C21)C1C2CC(C4C5C=CC(C5)C24)C31. The van der Waals surface area contributed by atoms with Gasteiger partial charge in [0, 0.05) is 19.3 Å². The third-order valence-corrected chi connectivity index (χ3v) is 13.2. The molecule has 9 aliphatic rings. The normalized spacial score (nSPS) is 61.2. The average Bonchev–Trinajstić information content (AvgIpc) is 3.66. The lowest BCUT2D eigenvalue weighted by atomic mass is 9.54. The van der Waals surface area contributed by atoms with Crippen LogP contribution in [0.2, 0.25) is 0 Å². The van der Waals surface area contributed by atoms with Gasteiger partial charge in [-0.3, -0.25) is 9.59 Å². The molecule has 0 aromatic rings. The summed E-state index contributed by atoms with van der Waals surface area (Å²) in [6.07, 6.45) is 12.7. The molecule has 0 spiro atoms. The van der Waals surface area contributed by atoms with E-state index < -0.39 is 6.29 Å². The van der Waals surface area contributed by atoms with Crippen LogP contribution in [0.15, 0.2) is 12.2 Å². The van der Waals surface area contributed by atoms with Gasteiger partial charge in [-0.2, -0.15) is 0 Å². The Balaban J connectivity index is 1.03. The van der Waals surface area contributed by atoms with E-state index in [1.54, 1.807) is 0 Å².